The van der Waals surface area contributed by atoms with E-state index in [-0.39, 0.29) is 17.3 Å². The first-order valence-electron chi connectivity index (χ1n) is 7.49. The highest BCUT2D eigenvalue weighted by molar-refractivity contribution is 7.89. The summed E-state index contributed by atoms with van der Waals surface area (Å²) in [5.41, 5.74) is 1.58. The Morgan fingerprint density at radius 2 is 1.88 bits per heavy atom. The van der Waals surface area contributed by atoms with Crippen molar-refractivity contribution in [3.05, 3.63) is 58.6 Å². The fourth-order valence-corrected chi connectivity index (χ4v) is 2.86. The zero-order valence-corrected chi connectivity index (χ0v) is 15.4. The predicted octanol–water partition coefficient (Wildman–Crippen LogP) is 2.38. The molecule has 3 N–H and O–H groups in total. The Kier molecular flexibility index (Phi) is 6.05. The van der Waals surface area contributed by atoms with Gasteiger partial charge in [0.05, 0.1) is 4.90 Å². The number of carbonyl (C=O) groups excluding carboxylic acids is 1. The van der Waals surface area contributed by atoms with Crippen LogP contribution in [-0.4, -0.2) is 20.4 Å². The van der Waals surface area contributed by atoms with Crippen LogP contribution >= 0.6 is 11.6 Å². The number of nitrogens with one attached hydrogen (secondary N) is 1. The van der Waals surface area contributed by atoms with Crippen LogP contribution in [0.1, 0.15) is 18.1 Å². The standard InChI is InChI=1S/C17H19ClN2O4S/c1-11-9-14(18)5-8-16(11)24-12(2)17(21)20-10-13-3-6-15(7-4-13)25(19,22)23/h3-9,12H,10H2,1-2H3,(H,20,21)(H2,19,22,23)/t12-/m1/s1. The van der Waals surface area contributed by atoms with E-state index >= 15 is 0 Å². The van der Waals surface area contributed by atoms with Gasteiger partial charge in [-0.3, -0.25) is 4.79 Å². The molecule has 2 aromatic rings. The van der Waals surface area contributed by atoms with Gasteiger partial charge in [0, 0.05) is 11.6 Å². The molecular formula is C17H19ClN2O4S. The highest BCUT2D eigenvalue weighted by atomic mass is 35.5. The van der Waals surface area contributed by atoms with Crippen LogP contribution in [0.25, 0.3) is 0 Å². The Balaban J connectivity index is 1.93. The lowest BCUT2D eigenvalue weighted by Gasteiger charge is -2.16. The SMILES string of the molecule is Cc1cc(Cl)ccc1O[C@H](C)C(=O)NCc1ccc(S(N)(=O)=O)cc1. The van der Waals surface area contributed by atoms with Crippen LogP contribution in [0, 0.1) is 6.92 Å². The van der Waals surface area contributed by atoms with Crippen molar-refractivity contribution in [2.24, 2.45) is 5.14 Å². The fraction of sp³-hybridized carbons (Fsp3) is 0.235. The maximum Gasteiger partial charge on any atom is 0.261 e. The number of halogens is 1. The highest BCUT2D eigenvalue weighted by Gasteiger charge is 2.15. The third kappa shape index (κ3) is 5.45. The summed E-state index contributed by atoms with van der Waals surface area (Å²) >= 11 is 5.89. The normalized spacial score (nSPS) is 12.5. The number of hydrogen-bond acceptors (Lipinski definition) is 4. The fourth-order valence-electron chi connectivity index (χ4n) is 2.12. The molecule has 0 aliphatic heterocycles. The molecule has 0 aromatic heterocycles. The number of rotatable bonds is 6. The van der Waals surface area contributed by atoms with Crippen LogP contribution in [0.5, 0.6) is 5.75 Å². The number of benzene rings is 2. The van der Waals surface area contributed by atoms with Crippen molar-refractivity contribution in [3.8, 4) is 5.75 Å². The molecule has 0 fully saturated rings. The lowest BCUT2D eigenvalue weighted by atomic mass is 10.2. The molecule has 25 heavy (non-hydrogen) atoms. The summed E-state index contributed by atoms with van der Waals surface area (Å²) in [7, 11) is -3.72. The van der Waals surface area contributed by atoms with Gasteiger partial charge in [-0.1, -0.05) is 23.7 Å². The highest BCUT2D eigenvalue weighted by Crippen LogP contribution is 2.22. The van der Waals surface area contributed by atoms with E-state index in [0.717, 1.165) is 11.1 Å². The summed E-state index contributed by atoms with van der Waals surface area (Å²) in [6, 6.07) is 11.1. The van der Waals surface area contributed by atoms with Gasteiger partial charge in [-0.05, 0) is 55.3 Å². The number of nitrogens with two attached hydrogens (primary N) is 1. The second kappa shape index (κ2) is 7.86. The van der Waals surface area contributed by atoms with Gasteiger partial charge in [0.1, 0.15) is 5.75 Å². The van der Waals surface area contributed by atoms with Crippen LogP contribution in [0.15, 0.2) is 47.4 Å². The van der Waals surface area contributed by atoms with Crippen molar-refractivity contribution in [1.29, 1.82) is 0 Å². The first-order chi connectivity index (χ1) is 11.7. The van der Waals surface area contributed by atoms with Gasteiger partial charge in [-0.15, -0.1) is 0 Å². The molecule has 0 heterocycles. The van der Waals surface area contributed by atoms with E-state index in [0.29, 0.717) is 10.8 Å². The second-order valence-electron chi connectivity index (χ2n) is 5.58. The predicted molar refractivity (Wildman–Crippen MR) is 95.9 cm³/mol. The average Bonchev–Trinajstić information content (AvgIpc) is 2.54. The summed E-state index contributed by atoms with van der Waals surface area (Å²) in [5.74, 6) is 0.300. The number of ether oxygens (including phenoxy) is 1. The van der Waals surface area contributed by atoms with Crippen molar-refractivity contribution in [2.75, 3.05) is 0 Å². The molecule has 2 rings (SSSR count). The number of amides is 1. The number of aryl methyl sites for hydroxylation is 1. The summed E-state index contributed by atoms with van der Waals surface area (Å²) in [4.78, 5) is 12.2. The number of hydrogen-bond donors (Lipinski definition) is 2. The molecule has 1 atom stereocenters. The third-order valence-electron chi connectivity index (χ3n) is 3.53. The van der Waals surface area contributed by atoms with E-state index in [2.05, 4.69) is 5.32 Å². The zero-order chi connectivity index (χ0) is 18.6. The summed E-state index contributed by atoms with van der Waals surface area (Å²) in [5, 5.41) is 8.38. The maximum atomic E-state index is 12.1. The molecule has 0 aliphatic carbocycles. The lowest BCUT2D eigenvalue weighted by Crippen LogP contribution is -2.36. The minimum Gasteiger partial charge on any atom is -0.481 e. The Bertz CT molecular complexity index is 867. The zero-order valence-electron chi connectivity index (χ0n) is 13.8. The third-order valence-corrected chi connectivity index (χ3v) is 4.69. The Morgan fingerprint density at radius 3 is 2.44 bits per heavy atom. The number of sulfonamides is 1. The van der Waals surface area contributed by atoms with Crippen molar-refractivity contribution < 1.29 is 17.9 Å². The van der Waals surface area contributed by atoms with E-state index in [1.165, 1.54) is 12.1 Å². The molecule has 0 saturated carbocycles. The Labute approximate surface area is 152 Å². The maximum absolute atomic E-state index is 12.1. The lowest BCUT2D eigenvalue weighted by molar-refractivity contribution is -0.127. The summed E-state index contributed by atoms with van der Waals surface area (Å²) in [6.45, 7) is 3.74. The molecule has 0 spiro atoms. The summed E-state index contributed by atoms with van der Waals surface area (Å²) < 4.78 is 28.1. The van der Waals surface area contributed by atoms with Crippen LogP contribution < -0.4 is 15.2 Å². The molecule has 0 aliphatic rings. The van der Waals surface area contributed by atoms with Crippen LogP contribution in [-0.2, 0) is 21.4 Å². The van der Waals surface area contributed by atoms with E-state index in [4.69, 9.17) is 21.5 Å². The van der Waals surface area contributed by atoms with Crippen molar-refractivity contribution in [1.82, 2.24) is 5.32 Å². The minimum absolute atomic E-state index is 0.0255. The molecule has 0 bridgehead atoms. The largest absolute Gasteiger partial charge is 0.481 e. The van der Waals surface area contributed by atoms with E-state index in [9.17, 15) is 13.2 Å². The van der Waals surface area contributed by atoms with Crippen molar-refractivity contribution >= 4 is 27.5 Å². The van der Waals surface area contributed by atoms with E-state index in [1.54, 1.807) is 37.3 Å². The van der Waals surface area contributed by atoms with E-state index < -0.39 is 16.1 Å². The van der Waals surface area contributed by atoms with E-state index in [1.807, 2.05) is 6.92 Å². The second-order valence-corrected chi connectivity index (χ2v) is 7.57. The van der Waals surface area contributed by atoms with Crippen LogP contribution in [0.4, 0.5) is 0 Å². The monoisotopic (exact) mass is 382 g/mol. The van der Waals surface area contributed by atoms with Gasteiger partial charge in [0.15, 0.2) is 6.10 Å². The van der Waals surface area contributed by atoms with Gasteiger partial charge in [0.2, 0.25) is 10.0 Å². The molecule has 1 amide bonds. The Hall–Kier alpha value is -2.09. The molecular weight excluding hydrogens is 364 g/mol. The van der Waals surface area contributed by atoms with Gasteiger partial charge < -0.3 is 10.1 Å². The number of primary sulfonamides is 1. The first-order valence-corrected chi connectivity index (χ1v) is 9.41. The van der Waals surface area contributed by atoms with Gasteiger partial charge >= 0.3 is 0 Å². The number of carbonyl (C=O) groups is 1. The average molecular weight is 383 g/mol. The molecule has 0 saturated heterocycles. The molecule has 2 aromatic carbocycles. The van der Waals surface area contributed by atoms with Gasteiger partial charge in [-0.25, -0.2) is 13.6 Å². The molecule has 134 valence electrons. The molecule has 6 nitrogen and oxygen atoms in total. The minimum atomic E-state index is -3.72. The van der Waals surface area contributed by atoms with Crippen LogP contribution in [0.3, 0.4) is 0 Å². The first kappa shape index (κ1) is 19.2. The van der Waals surface area contributed by atoms with Crippen molar-refractivity contribution in [2.45, 2.75) is 31.4 Å². The smallest absolute Gasteiger partial charge is 0.261 e. The Morgan fingerprint density at radius 1 is 1.24 bits per heavy atom. The molecule has 8 heteroatoms. The van der Waals surface area contributed by atoms with Gasteiger partial charge in [-0.2, -0.15) is 0 Å². The summed E-state index contributed by atoms with van der Waals surface area (Å²) in [6.07, 6.45) is -0.691. The molecule has 0 radical (unpaired) electrons. The van der Waals surface area contributed by atoms with Crippen molar-refractivity contribution in [3.63, 3.8) is 0 Å². The van der Waals surface area contributed by atoms with Gasteiger partial charge in [0.25, 0.3) is 5.91 Å². The quantitative estimate of drug-likeness (QED) is 0.801. The topological polar surface area (TPSA) is 98.5 Å². The molecule has 0 unspecified atom stereocenters. The van der Waals surface area contributed by atoms with Crippen LogP contribution in [0.2, 0.25) is 5.02 Å².